The first-order valence-corrected chi connectivity index (χ1v) is 11.0. The van der Waals surface area contributed by atoms with Crippen LogP contribution in [-0.2, 0) is 13.1 Å². The Hall–Kier alpha value is -4.06. The van der Waals surface area contributed by atoms with Gasteiger partial charge in [-0.05, 0) is 54.3 Å². The van der Waals surface area contributed by atoms with Gasteiger partial charge in [-0.2, -0.15) is 0 Å². The summed E-state index contributed by atoms with van der Waals surface area (Å²) in [5.74, 6) is -0.980. The van der Waals surface area contributed by atoms with Gasteiger partial charge in [-0.1, -0.05) is 42.5 Å². The molecule has 0 saturated heterocycles. The van der Waals surface area contributed by atoms with Crippen LogP contribution in [0.5, 0.6) is 0 Å². The smallest absolute Gasteiger partial charge is 0.337 e. The van der Waals surface area contributed by atoms with Crippen molar-refractivity contribution in [3.8, 4) is 0 Å². The molecule has 0 spiro atoms. The highest BCUT2D eigenvalue weighted by atomic mass is 16.4. The van der Waals surface area contributed by atoms with Crippen LogP contribution in [0.4, 0.5) is 11.4 Å². The van der Waals surface area contributed by atoms with Crippen LogP contribution in [0.2, 0.25) is 0 Å². The molecule has 3 heterocycles. The highest BCUT2D eigenvalue weighted by molar-refractivity contribution is 5.94. The molecular weight excluding hydrogens is 414 g/mol. The Morgan fingerprint density at radius 2 is 1.67 bits per heavy atom. The number of carboxylic acid groups (broad SMARTS) is 1. The summed E-state index contributed by atoms with van der Waals surface area (Å²) in [5, 5.41) is 12.9. The second-order valence-corrected chi connectivity index (χ2v) is 8.62. The number of rotatable bonds is 5. The highest BCUT2D eigenvalue weighted by Crippen LogP contribution is 2.31. The van der Waals surface area contributed by atoms with E-state index in [4.69, 9.17) is 0 Å². The van der Waals surface area contributed by atoms with Gasteiger partial charge in [0, 0.05) is 36.7 Å². The second-order valence-electron chi connectivity index (χ2n) is 8.62. The standard InChI is InChI=1S/C27H25N3O3/c1-17-11-23(18(2)28-24-10-6-5-9-22(24)27(32)33)25-12-21(13-26(31)30(25)14-17)29-15-19-7-3-4-8-20(19)16-29/h3-14,18,28H,15-16H2,1-2H3,(H,32,33)/t18-/m0/s1. The molecular formula is C27H25N3O3. The Kier molecular flexibility index (Phi) is 5.13. The van der Waals surface area contributed by atoms with E-state index in [1.165, 1.54) is 11.1 Å². The number of hydrogen-bond donors (Lipinski definition) is 2. The Balaban J connectivity index is 1.57. The molecule has 166 valence electrons. The van der Waals surface area contributed by atoms with E-state index in [2.05, 4.69) is 34.5 Å². The molecule has 0 aliphatic carbocycles. The quantitative estimate of drug-likeness (QED) is 0.458. The maximum atomic E-state index is 13.1. The van der Waals surface area contributed by atoms with Crippen LogP contribution in [-0.4, -0.2) is 15.5 Å². The molecule has 1 aliphatic rings. The van der Waals surface area contributed by atoms with E-state index in [-0.39, 0.29) is 17.2 Å². The monoisotopic (exact) mass is 439 g/mol. The largest absolute Gasteiger partial charge is 0.478 e. The number of hydrogen-bond acceptors (Lipinski definition) is 4. The van der Waals surface area contributed by atoms with Gasteiger partial charge in [0.25, 0.3) is 5.56 Å². The first-order valence-electron chi connectivity index (χ1n) is 11.0. The molecule has 0 fully saturated rings. The van der Waals surface area contributed by atoms with E-state index < -0.39 is 5.97 Å². The molecule has 6 nitrogen and oxygen atoms in total. The maximum Gasteiger partial charge on any atom is 0.337 e. The predicted octanol–water partition coefficient (Wildman–Crippen LogP) is 5.00. The topological polar surface area (TPSA) is 74.0 Å². The number of aromatic carboxylic acids is 1. The summed E-state index contributed by atoms with van der Waals surface area (Å²) >= 11 is 0. The van der Waals surface area contributed by atoms with Crippen molar-refractivity contribution < 1.29 is 9.90 Å². The lowest BCUT2D eigenvalue weighted by atomic mass is 10.0. The second kappa shape index (κ2) is 8.13. The number of carboxylic acids is 1. The minimum Gasteiger partial charge on any atom is -0.478 e. The van der Waals surface area contributed by atoms with Crippen LogP contribution in [0.25, 0.3) is 5.52 Å². The van der Waals surface area contributed by atoms with Gasteiger partial charge in [0.2, 0.25) is 0 Å². The number of carbonyl (C=O) groups is 1. The summed E-state index contributed by atoms with van der Waals surface area (Å²) in [7, 11) is 0. The normalized spacial score (nSPS) is 13.7. The number of aryl methyl sites for hydroxylation is 1. The molecule has 0 amide bonds. The molecule has 2 aromatic carbocycles. The first-order chi connectivity index (χ1) is 15.9. The molecule has 1 aliphatic heterocycles. The molecule has 6 heteroatoms. The fourth-order valence-corrected chi connectivity index (χ4v) is 4.63. The van der Waals surface area contributed by atoms with Gasteiger partial charge in [-0.25, -0.2) is 4.79 Å². The summed E-state index contributed by atoms with van der Waals surface area (Å²) < 4.78 is 1.68. The van der Waals surface area contributed by atoms with E-state index >= 15 is 0 Å². The van der Waals surface area contributed by atoms with E-state index in [0.29, 0.717) is 5.69 Å². The SMILES string of the molecule is Cc1cc([C@H](C)Nc2ccccc2C(=O)O)c2cc(N3Cc4ccccc4C3)cc(=O)n2c1. The minimum atomic E-state index is -0.980. The number of nitrogens with one attached hydrogen (secondary N) is 1. The maximum absolute atomic E-state index is 13.1. The molecule has 33 heavy (non-hydrogen) atoms. The van der Waals surface area contributed by atoms with Crippen molar-refractivity contribution >= 4 is 22.9 Å². The van der Waals surface area contributed by atoms with Gasteiger partial charge in [0.15, 0.2) is 0 Å². The van der Waals surface area contributed by atoms with Crippen molar-refractivity contribution in [3.63, 3.8) is 0 Å². The third-order valence-corrected chi connectivity index (χ3v) is 6.27. The van der Waals surface area contributed by atoms with E-state index in [0.717, 1.165) is 35.4 Å². The van der Waals surface area contributed by atoms with Crippen LogP contribution < -0.4 is 15.8 Å². The Morgan fingerprint density at radius 1 is 1.00 bits per heavy atom. The number of fused-ring (bicyclic) bond motifs is 2. The van der Waals surface area contributed by atoms with Gasteiger partial charge in [-0.3, -0.25) is 9.20 Å². The van der Waals surface area contributed by atoms with Crippen LogP contribution in [0.15, 0.2) is 77.7 Å². The molecule has 0 unspecified atom stereocenters. The number of para-hydroxylation sites is 1. The van der Waals surface area contributed by atoms with Crippen LogP contribution in [0.1, 0.15) is 45.6 Å². The molecule has 2 N–H and O–H groups in total. The summed E-state index contributed by atoms with van der Waals surface area (Å²) in [5.41, 5.74) is 6.84. The zero-order chi connectivity index (χ0) is 23.1. The van der Waals surface area contributed by atoms with Gasteiger partial charge in [-0.15, -0.1) is 0 Å². The van der Waals surface area contributed by atoms with Crippen molar-refractivity contribution in [2.24, 2.45) is 0 Å². The lowest BCUT2D eigenvalue weighted by Gasteiger charge is -2.22. The number of nitrogens with zero attached hydrogens (tertiary/aromatic N) is 2. The zero-order valence-electron chi connectivity index (χ0n) is 18.6. The Morgan fingerprint density at radius 3 is 2.36 bits per heavy atom. The third kappa shape index (κ3) is 3.84. The van der Waals surface area contributed by atoms with Crippen LogP contribution in [0.3, 0.4) is 0 Å². The van der Waals surface area contributed by atoms with Crippen molar-refractivity contribution in [1.29, 1.82) is 0 Å². The fourth-order valence-electron chi connectivity index (χ4n) is 4.63. The van der Waals surface area contributed by atoms with E-state index in [9.17, 15) is 14.7 Å². The average molecular weight is 440 g/mol. The van der Waals surface area contributed by atoms with Crippen molar-refractivity contribution in [2.75, 3.05) is 10.2 Å². The lowest BCUT2D eigenvalue weighted by Crippen LogP contribution is -2.21. The summed E-state index contributed by atoms with van der Waals surface area (Å²) in [6, 6.07) is 20.8. The van der Waals surface area contributed by atoms with Gasteiger partial charge < -0.3 is 15.3 Å². The lowest BCUT2D eigenvalue weighted by molar-refractivity contribution is 0.0698. The van der Waals surface area contributed by atoms with Gasteiger partial charge >= 0.3 is 5.97 Å². The Bertz CT molecular complexity index is 1420. The average Bonchev–Trinajstić information content (AvgIpc) is 3.23. The van der Waals surface area contributed by atoms with E-state index in [1.54, 1.807) is 28.7 Å². The molecule has 0 radical (unpaired) electrons. The van der Waals surface area contributed by atoms with Crippen molar-refractivity contribution in [3.05, 3.63) is 111 Å². The van der Waals surface area contributed by atoms with Gasteiger partial charge in [0.05, 0.1) is 17.1 Å². The molecule has 2 aromatic heterocycles. The zero-order valence-corrected chi connectivity index (χ0v) is 18.6. The van der Waals surface area contributed by atoms with Crippen molar-refractivity contribution in [2.45, 2.75) is 33.0 Å². The molecule has 4 aromatic rings. The molecule has 0 saturated carbocycles. The minimum absolute atomic E-state index is 0.0819. The summed E-state index contributed by atoms with van der Waals surface area (Å²) in [6.07, 6.45) is 1.85. The number of aromatic nitrogens is 1. The number of pyridine rings is 2. The molecule has 5 rings (SSSR count). The van der Waals surface area contributed by atoms with Crippen LogP contribution >= 0.6 is 0 Å². The summed E-state index contributed by atoms with van der Waals surface area (Å²) in [6.45, 7) is 5.48. The first kappa shape index (κ1) is 20.8. The highest BCUT2D eigenvalue weighted by Gasteiger charge is 2.21. The Labute approximate surface area is 191 Å². The number of anilines is 2. The third-order valence-electron chi connectivity index (χ3n) is 6.27. The van der Waals surface area contributed by atoms with Crippen LogP contribution in [0, 0.1) is 6.92 Å². The van der Waals surface area contributed by atoms with Gasteiger partial charge in [0.1, 0.15) is 0 Å². The summed E-state index contributed by atoms with van der Waals surface area (Å²) in [4.78, 5) is 27.0. The predicted molar refractivity (Wildman–Crippen MR) is 130 cm³/mol. The van der Waals surface area contributed by atoms with E-state index in [1.807, 2.05) is 38.2 Å². The molecule has 0 bridgehead atoms. The number of benzene rings is 2. The fraction of sp³-hybridized carbons (Fsp3) is 0.185. The van der Waals surface area contributed by atoms with Crippen molar-refractivity contribution in [1.82, 2.24) is 4.40 Å². The molecule has 1 atom stereocenters.